The lowest BCUT2D eigenvalue weighted by Gasteiger charge is -2.15. The van der Waals surface area contributed by atoms with Crippen molar-refractivity contribution in [1.82, 2.24) is 5.32 Å². The molecule has 7 nitrogen and oxygen atoms in total. The van der Waals surface area contributed by atoms with Gasteiger partial charge in [-0.15, -0.1) is 0 Å². The van der Waals surface area contributed by atoms with Gasteiger partial charge in [0.15, 0.2) is 0 Å². The molecule has 0 spiro atoms. The molecule has 0 unspecified atom stereocenters. The van der Waals surface area contributed by atoms with Gasteiger partial charge in [-0.1, -0.05) is 36.4 Å². The molecular weight excluding hydrogens is 382 g/mol. The number of phenols is 1. The van der Waals surface area contributed by atoms with Crippen molar-refractivity contribution in [3.8, 4) is 5.75 Å². The standard InChI is InChI=1S/C20H17NO6S/c22-12-21-18(20(24)25)10-15-5-7-16(23)11-19(15)28(26,27)17-8-6-13-3-1-2-4-14(13)9-17/h1-9,11-12,18,23H,10H2,(H,21,22)(H,24,25)/t18-/m0/s1. The second-order valence-corrected chi connectivity index (χ2v) is 8.10. The minimum Gasteiger partial charge on any atom is -0.508 e. The number of rotatable bonds is 7. The maximum atomic E-state index is 13.2. The van der Waals surface area contributed by atoms with Gasteiger partial charge in [0, 0.05) is 6.42 Å². The monoisotopic (exact) mass is 399 g/mol. The molecule has 0 aliphatic carbocycles. The molecule has 0 aliphatic rings. The maximum Gasteiger partial charge on any atom is 0.326 e. The molecule has 1 atom stereocenters. The quantitative estimate of drug-likeness (QED) is 0.523. The largest absolute Gasteiger partial charge is 0.508 e. The molecule has 3 rings (SSSR count). The molecule has 144 valence electrons. The van der Waals surface area contributed by atoms with Crippen LogP contribution in [0, 0.1) is 0 Å². The number of aliphatic carboxylic acids is 1. The average Bonchev–Trinajstić information content (AvgIpc) is 2.68. The molecule has 3 N–H and O–H groups in total. The fourth-order valence-electron chi connectivity index (χ4n) is 2.94. The summed E-state index contributed by atoms with van der Waals surface area (Å²) >= 11 is 0. The second kappa shape index (κ2) is 7.69. The molecule has 8 heteroatoms. The molecule has 0 saturated heterocycles. The van der Waals surface area contributed by atoms with Crippen LogP contribution >= 0.6 is 0 Å². The minimum absolute atomic E-state index is 0.0215. The topological polar surface area (TPSA) is 121 Å². The summed E-state index contributed by atoms with van der Waals surface area (Å²) in [6.45, 7) is 0. The highest BCUT2D eigenvalue weighted by atomic mass is 32.2. The second-order valence-electron chi connectivity index (χ2n) is 6.18. The van der Waals surface area contributed by atoms with Crippen LogP contribution in [0.5, 0.6) is 5.75 Å². The number of hydrogen-bond donors (Lipinski definition) is 3. The lowest BCUT2D eigenvalue weighted by atomic mass is 10.1. The zero-order chi connectivity index (χ0) is 20.3. The number of carboxylic acid groups (broad SMARTS) is 1. The Morgan fingerprint density at radius 3 is 2.43 bits per heavy atom. The van der Waals surface area contributed by atoms with E-state index in [0.717, 1.165) is 16.8 Å². The Labute approximate surface area is 161 Å². The smallest absolute Gasteiger partial charge is 0.326 e. The summed E-state index contributed by atoms with van der Waals surface area (Å²) in [5.41, 5.74) is 0.174. The van der Waals surface area contributed by atoms with Crippen LogP contribution in [0.2, 0.25) is 0 Å². The van der Waals surface area contributed by atoms with E-state index < -0.39 is 21.8 Å². The van der Waals surface area contributed by atoms with Crippen molar-refractivity contribution >= 4 is 33.0 Å². The first-order chi connectivity index (χ1) is 13.3. The number of carbonyl (C=O) groups is 2. The molecule has 1 amide bonds. The van der Waals surface area contributed by atoms with Crippen molar-refractivity contribution in [2.24, 2.45) is 0 Å². The number of carbonyl (C=O) groups excluding carboxylic acids is 1. The first-order valence-electron chi connectivity index (χ1n) is 8.31. The predicted molar refractivity (Wildman–Crippen MR) is 102 cm³/mol. The Kier molecular flexibility index (Phi) is 5.32. The number of aromatic hydroxyl groups is 1. The van der Waals surface area contributed by atoms with E-state index in [9.17, 15) is 28.2 Å². The first kappa shape index (κ1) is 19.4. The van der Waals surface area contributed by atoms with Gasteiger partial charge >= 0.3 is 5.97 Å². The Morgan fingerprint density at radius 1 is 1.04 bits per heavy atom. The number of carboxylic acids is 1. The number of sulfone groups is 1. The van der Waals surface area contributed by atoms with Crippen LogP contribution in [0.15, 0.2) is 70.5 Å². The Bertz CT molecular complexity index is 1160. The molecule has 3 aromatic carbocycles. The van der Waals surface area contributed by atoms with Crippen molar-refractivity contribution < 1.29 is 28.2 Å². The number of benzene rings is 3. The summed E-state index contributed by atoms with van der Waals surface area (Å²) < 4.78 is 26.4. The van der Waals surface area contributed by atoms with Gasteiger partial charge in [0.25, 0.3) is 0 Å². The normalized spacial score (nSPS) is 12.4. The molecular formula is C20H17NO6S. The van der Waals surface area contributed by atoms with Crippen molar-refractivity contribution in [3.05, 3.63) is 66.2 Å². The highest BCUT2D eigenvalue weighted by Crippen LogP contribution is 2.30. The number of hydrogen-bond acceptors (Lipinski definition) is 5. The third-order valence-electron chi connectivity index (χ3n) is 4.36. The highest BCUT2D eigenvalue weighted by molar-refractivity contribution is 7.91. The van der Waals surface area contributed by atoms with E-state index in [1.807, 2.05) is 12.1 Å². The zero-order valence-electron chi connectivity index (χ0n) is 14.6. The summed E-state index contributed by atoms with van der Waals surface area (Å²) in [4.78, 5) is 21.8. The molecule has 0 radical (unpaired) electrons. The summed E-state index contributed by atoms with van der Waals surface area (Å²) in [6.07, 6.45) is -0.00674. The number of nitrogens with one attached hydrogen (secondary N) is 1. The maximum absolute atomic E-state index is 13.2. The molecule has 0 bridgehead atoms. The third kappa shape index (κ3) is 3.81. The Hall–Kier alpha value is -3.39. The molecule has 3 aromatic rings. The first-order valence-corrected chi connectivity index (χ1v) is 9.79. The SMILES string of the molecule is O=CN[C@@H](Cc1ccc(O)cc1S(=O)(=O)c1ccc2ccccc2c1)C(=O)O. The van der Waals surface area contributed by atoms with Crippen LogP contribution in [-0.4, -0.2) is 37.1 Å². The summed E-state index contributed by atoms with van der Waals surface area (Å²) in [7, 11) is -4.04. The van der Waals surface area contributed by atoms with Crippen LogP contribution in [-0.2, 0) is 25.8 Å². The van der Waals surface area contributed by atoms with Gasteiger partial charge in [-0.3, -0.25) is 4.79 Å². The van der Waals surface area contributed by atoms with Gasteiger partial charge in [-0.05, 0) is 40.6 Å². The van der Waals surface area contributed by atoms with Crippen LogP contribution in [0.3, 0.4) is 0 Å². The molecule has 0 fully saturated rings. The van der Waals surface area contributed by atoms with Crippen molar-refractivity contribution in [1.29, 1.82) is 0 Å². The Morgan fingerprint density at radius 2 is 1.75 bits per heavy atom. The van der Waals surface area contributed by atoms with E-state index in [-0.39, 0.29) is 33.9 Å². The van der Waals surface area contributed by atoms with E-state index in [2.05, 4.69) is 5.32 Å². The Balaban J connectivity index is 2.11. The van der Waals surface area contributed by atoms with Crippen molar-refractivity contribution in [2.75, 3.05) is 0 Å². The van der Waals surface area contributed by atoms with Gasteiger partial charge in [-0.25, -0.2) is 13.2 Å². The van der Waals surface area contributed by atoms with Gasteiger partial charge in [0.1, 0.15) is 11.8 Å². The third-order valence-corrected chi connectivity index (χ3v) is 6.20. The fraction of sp³-hybridized carbons (Fsp3) is 0.100. The van der Waals surface area contributed by atoms with E-state index in [4.69, 9.17) is 0 Å². The highest BCUT2D eigenvalue weighted by Gasteiger charge is 2.26. The van der Waals surface area contributed by atoms with E-state index >= 15 is 0 Å². The summed E-state index contributed by atoms with van der Waals surface area (Å²) in [5, 5.41) is 22.8. The lowest BCUT2D eigenvalue weighted by molar-refractivity contribution is -0.140. The van der Waals surface area contributed by atoms with Gasteiger partial charge in [0.05, 0.1) is 9.79 Å². The zero-order valence-corrected chi connectivity index (χ0v) is 15.4. The van der Waals surface area contributed by atoms with Gasteiger partial charge in [-0.2, -0.15) is 0 Å². The lowest BCUT2D eigenvalue weighted by Crippen LogP contribution is -2.37. The molecule has 0 saturated carbocycles. The van der Waals surface area contributed by atoms with Crippen LogP contribution in [0.25, 0.3) is 10.8 Å². The van der Waals surface area contributed by atoms with Crippen LogP contribution in [0.4, 0.5) is 0 Å². The van der Waals surface area contributed by atoms with Gasteiger partial charge < -0.3 is 15.5 Å². The van der Waals surface area contributed by atoms with Gasteiger partial charge in [0.2, 0.25) is 16.2 Å². The van der Waals surface area contributed by atoms with Crippen molar-refractivity contribution in [2.45, 2.75) is 22.3 Å². The molecule has 28 heavy (non-hydrogen) atoms. The van der Waals surface area contributed by atoms with E-state index in [1.165, 1.54) is 24.3 Å². The average molecular weight is 399 g/mol. The van der Waals surface area contributed by atoms with Crippen molar-refractivity contribution in [3.63, 3.8) is 0 Å². The van der Waals surface area contributed by atoms with E-state index in [1.54, 1.807) is 18.2 Å². The molecule has 0 heterocycles. The summed E-state index contributed by atoms with van der Waals surface area (Å²) in [5.74, 6) is -1.56. The predicted octanol–water partition coefficient (Wildman–Crippen LogP) is 2.12. The summed E-state index contributed by atoms with van der Waals surface area (Å²) in [6, 6.07) is 14.3. The fourth-order valence-corrected chi connectivity index (χ4v) is 4.50. The molecule has 0 aliphatic heterocycles. The molecule has 0 aromatic heterocycles. The van der Waals surface area contributed by atoms with Crippen LogP contribution < -0.4 is 5.32 Å². The van der Waals surface area contributed by atoms with E-state index in [0.29, 0.717) is 0 Å². The number of amides is 1. The minimum atomic E-state index is -4.04. The van der Waals surface area contributed by atoms with Crippen LogP contribution in [0.1, 0.15) is 5.56 Å². The number of phenolic OH excluding ortho intramolecular Hbond substituents is 1. The number of fused-ring (bicyclic) bond motifs is 1.